The summed E-state index contributed by atoms with van der Waals surface area (Å²) in [4.78, 5) is 55.8. The van der Waals surface area contributed by atoms with E-state index >= 15 is 0 Å². The molecule has 12 nitrogen and oxygen atoms in total. The highest BCUT2D eigenvalue weighted by Gasteiger charge is 2.43. The van der Waals surface area contributed by atoms with E-state index in [0.29, 0.717) is 11.1 Å². The van der Waals surface area contributed by atoms with Gasteiger partial charge in [-0.1, -0.05) is 32.4 Å². The molecule has 3 aromatic rings. The second-order valence-corrected chi connectivity index (χ2v) is 11.8. The zero-order chi connectivity index (χ0) is 35.4. The Morgan fingerprint density at radius 1 is 1.17 bits per heavy atom. The molecule has 3 heterocycles. The van der Waals surface area contributed by atoms with Gasteiger partial charge < -0.3 is 15.2 Å². The number of carboxylic acid groups (broad SMARTS) is 1. The van der Waals surface area contributed by atoms with Crippen molar-refractivity contribution < 1.29 is 37.4 Å². The number of nitrogens with one attached hydrogen (secondary N) is 1. The van der Waals surface area contributed by atoms with Gasteiger partial charge in [0.05, 0.1) is 12.2 Å². The summed E-state index contributed by atoms with van der Waals surface area (Å²) >= 11 is 11.9. The molecular formula is C30H33Cl2F3N6O6. The number of esters is 1. The van der Waals surface area contributed by atoms with Crippen molar-refractivity contribution in [2.45, 2.75) is 71.8 Å². The first-order valence-electron chi connectivity index (χ1n) is 14.4. The lowest BCUT2D eigenvalue weighted by atomic mass is 9.89. The topological polar surface area (TPSA) is 158 Å². The van der Waals surface area contributed by atoms with Crippen LogP contribution in [-0.2, 0) is 27.2 Å². The summed E-state index contributed by atoms with van der Waals surface area (Å²) in [6.45, 7) is 7.27. The van der Waals surface area contributed by atoms with E-state index in [1.54, 1.807) is 26.1 Å². The van der Waals surface area contributed by atoms with Crippen LogP contribution < -0.4 is 11.0 Å². The average Bonchev–Trinajstić information content (AvgIpc) is 3.48. The summed E-state index contributed by atoms with van der Waals surface area (Å²) < 4.78 is 45.5. The number of amides is 1. The average molecular weight is 702 g/mol. The van der Waals surface area contributed by atoms with Gasteiger partial charge in [-0.05, 0) is 62.4 Å². The number of aromatic carboxylic acids is 1. The monoisotopic (exact) mass is 700 g/mol. The molecule has 2 atom stereocenters. The lowest BCUT2D eigenvalue weighted by Crippen LogP contribution is -2.41. The van der Waals surface area contributed by atoms with Crippen molar-refractivity contribution in [1.29, 1.82) is 0 Å². The normalized spacial score (nSPS) is 16.4. The molecule has 2 aromatic heterocycles. The molecule has 0 radical (unpaired) electrons. The van der Waals surface area contributed by atoms with Gasteiger partial charge in [0.1, 0.15) is 28.1 Å². The number of carbonyl (C=O) groups excluding carboxylic acids is 2. The molecule has 0 aliphatic carbocycles. The fourth-order valence-corrected chi connectivity index (χ4v) is 4.82. The minimum atomic E-state index is -3.12. The molecule has 0 spiro atoms. The van der Waals surface area contributed by atoms with Crippen molar-refractivity contribution in [1.82, 2.24) is 24.6 Å². The number of alkyl halides is 3. The highest BCUT2D eigenvalue weighted by Crippen LogP contribution is 2.28. The van der Waals surface area contributed by atoms with Crippen LogP contribution in [0.5, 0.6) is 0 Å². The number of aromatic nitrogens is 4. The molecule has 4 rings (SSSR count). The van der Waals surface area contributed by atoms with Crippen LogP contribution in [-0.4, -0.2) is 65.6 Å². The number of carbonyl (C=O) groups is 3. The number of carboxylic acids is 1. The van der Waals surface area contributed by atoms with E-state index in [0.717, 1.165) is 17.7 Å². The van der Waals surface area contributed by atoms with E-state index < -0.39 is 40.9 Å². The molecule has 1 aliphatic rings. The van der Waals surface area contributed by atoms with Crippen molar-refractivity contribution in [2.75, 3.05) is 6.61 Å². The molecule has 17 heteroatoms. The predicted molar refractivity (Wildman–Crippen MR) is 167 cm³/mol. The third-order valence-corrected chi connectivity index (χ3v) is 8.11. The largest absolute Gasteiger partial charge is 0.478 e. The van der Waals surface area contributed by atoms with Crippen LogP contribution in [0, 0.1) is 18.7 Å². The number of nitrogens with zero attached hydrogens (tertiary/aromatic N) is 5. The maximum atomic E-state index is 14.2. The lowest BCUT2D eigenvalue weighted by molar-refractivity contribution is -0.142. The Labute approximate surface area is 277 Å². The van der Waals surface area contributed by atoms with E-state index in [-0.39, 0.29) is 68.6 Å². The fourth-order valence-electron chi connectivity index (χ4n) is 4.37. The van der Waals surface area contributed by atoms with E-state index in [1.165, 1.54) is 6.92 Å². The summed E-state index contributed by atoms with van der Waals surface area (Å²) in [6, 6.07) is 3.60. The highest BCUT2D eigenvalue weighted by atomic mass is 35.5. The summed E-state index contributed by atoms with van der Waals surface area (Å²) in [5, 5.41) is 14.5. The minimum absolute atomic E-state index is 0.00167. The first-order valence-corrected chi connectivity index (χ1v) is 15.2. The molecule has 0 bridgehead atoms. The minimum Gasteiger partial charge on any atom is -0.478 e. The molecule has 254 valence electrons. The molecular weight excluding hydrogens is 668 g/mol. The molecule has 0 fully saturated rings. The fraction of sp³-hybridized carbons (Fsp3) is 0.433. The highest BCUT2D eigenvalue weighted by molar-refractivity contribution is 6.32. The lowest BCUT2D eigenvalue weighted by Gasteiger charge is -2.21. The first-order chi connectivity index (χ1) is 22.0. The zero-order valence-electron chi connectivity index (χ0n) is 26.3. The summed E-state index contributed by atoms with van der Waals surface area (Å²) in [5.74, 6) is -3.00. The Morgan fingerprint density at radius 3 is 2.34 bits per heavy atom. The number of ether oxygens (including phenoxy) is 1. The third-order valence-electron chi connectivity index (χ3n) is 7.43. The van der Waals surface area contributed by atoms with Gasteiger partial charge in [-0.15, -0.1) is 16.7 Å². The van der Waals surface area contributed by atoms with Gasteiger partial charge in [0.15, 0.2) is 11.7 Å². The van der Waals surface area contributed by atoms with E-state index in [9.17, 15) is 37.5 Å². The van der Waals surface area contributed by atoms with Crippen LogP contribution >= 0.6 is 23.2 Å². The molecule has 47 heavy (non-hydrogen) atoms. The van der Waals surface area contributed by atoms with Gasteiger partial charge in [-0.25, -0.2) is 23.5 Å². The number of aliphatic imine (C=N–C) groups is 1. The SMILES string of the molecule is CCOC(=O)C(Cl)Cc1cc(-n2nc(C)n(C(F)F)c2=O)c(F)cc1Cl.CCc1cnc(C2=NC(C)(C(C)C)C(=O)N2)c(C(=O)O)c1. The van der Waals surface area contributed by atoms with Crippen molar-refractivity contribution in [3.05, 3.63) is 73.9 Å². The van der Waals surface area contributed by atoms with Gasteiger partial charge in [-0.2, -0.15) is 13.5 Å². The van der Waals surface area contributed by atoms with Crippen LogP contribution in [0.25, 0.3) is 5.69 Å². The molecule has 0 saturated carbocycles. The number of rotatable bonds is 10. The van der Waals surface area contributed by atoms with Crippen LogP contribution in [0.1, 0.15) is 74.2 Å². The maximum Gasteiger partial charge on any atom is 0.355 e. The summed E-state index contributed by atoms with van der Waals surface area (Å²) in [6.07, 6.45) is 2.19. The van der Waals surface area contributed by atoms with Crippen LogP contribution in [0.2, 0.25) is 5.02 Å². The van der Waals surface area contributed by atoms with Crippen molar-refractivity contribution >= 4 is 46.9 Å². The molecule has 1 aromatic carbocycles. The Kier molecular flexibility index (Phi) is 12.0. The van der Waals surface area contributed by atoms with Crippen molar-refractivity contribution in [2.24, 2.45) is 10.9 Å². The first kappa shape index (κ1) is 37.2. The number of pyridine rings is 1. The number of benzene rings is 1. The summed E-state index contributed by atoms with van der Waals surface area (Å²) in [5.41, 5.74) is -1.17. The quantitative estimate of drug-likeness (QED) is 0.224. The van der Waals surface area contributed by atoms with E-state index in [2.05, 4.69) is 20.4 Å². The Bertz CT molecular complexity index is 1780. The smallest absolute Gasteiger partial charge is 0.355 e. The second kappa shape index (κ2) is 15.1. The van der Waals surface area contributed by atoms with Crippen LogP contribution in [0.4, 0.5) is 13.2 Å². The number of aryl methyl sites for hydroxylation is 2. The van der Waals surface area contributed by atoms with Crippen molar-refractivity contribution in [3.63, 3.8) is 0 Å². The second-order valence-electron chi connectivity index (χ2n) is 10.8. The Balaban J connectivity index is 0.000000261. The predicted octanol–water partition coefficient (Wildman–Crippen LogP) is 4.88. The molecule has 2 N–H and O–H groups in total. The molecule has 2 unspecified atom stereocenters. The number of hydrogen-bond donors (Lipinski definition) is 2. The number of amidine groups is 1. The maximum absolute atomic E-state index is 14.2. The zero-order valence-corrected chi connectivity index (χ0v) is 27.8. The third kappa shape index (κ3) is 8.01. The van der Waals surface area contributed by atoms with Gasteiger partial charge in [0, 0.05) is 17.6 Å². The molecule has 0 saturated heterocycles. The number of halogens is 5. The van der Waals surface area contributed by atoms with E-state index in [1.807, 2.05) is 20.8 Å². The van der Waals surface area contributed by atoms with Crippen LogP contribution in [0.3, 0.4) is 0 Å². The molecule has 1 amide bonds. The Morgan fingerprint density at radius 2 is 1.83 bits per heavy atom. The van der Waals surface area contributed by atoms with Gasteiger partial charge in [0.25, 0.3) is 5.91 Å². The van der Waals surface area contributed by atoms with Crippen LogP contribution in [0.15, 0.2) is 34.2 Å². The van der Waals surface area contributed by atoms with Gasteiger partial charge in [-0.3, -0.25) is 14.6 Å². The van der Waals surface area contributed by atoms with Crippen molar-refractivity contribution in [3.8, 4) is 5.69 Å². The van der Waals surface area contributed by atoms with Gasteiger partial charge >= 0.3 is 24.2 Å². The van der Waals surface area contributed by atoms with E-state index in [4.69, 9.17) is 27.9 Å². The standard InChI is InChI=1S/C15H14Cl2F3N3O3.C15H19N3O3/c1-3-26-13(24)10(17)4-8-5-12(11(18)6-9(8)16)23-15(25)22(14(19)20)7(2)21-23;1-5-9-6-10(13(19)20)11(16-7-9)12-17-14(21)15(4,18-12)8(2)3/h5-6,10,14H,3-4H2,1-2H3;6-8H,5H2,1-4H3,(H,19,20)(H,17,18,21). The van der Waals surface area contributed by atoms with Gasteiger partial charge in [0.2, 0.25) is 0 Å². The summed E-state index contributed by atoms with van der Waals surface area (Å²) in [7, 11) is 0. The Hall–Kier alpha value is -4.24. The number of hydrogen-bond acceptors (Lipinski definition) is 8. The molecule has 1 aliphatic heterocycles.